The molecule has 0 unspecified atom stereocenters. The number of nitrogens with zero attached hydrogens (tertiary/aromatic N) is 3. The average Bonchev–Trinajstić information content (AvgIpc) is 2.67. The summed E-state index contributed by atoms with van der Waals surface area (Å²) < 4.78 is 0. The number of benzene rings is 1. The lowest BCUT2D eigenvalue weighted by molar-refractivity contribution is -0.112. The molecule has 1 aromatic heterocycles. The Hall–Kier alpha value is -3.41. The molecule has 9 heteroatoms. The van der Waals surface area contributed by atoms with Crippen molar-refractivity contribution in [1.29, 1.82) is 5.26 Å². The number of aryl methyl sites for hydroxylation is 1. The molecule has 0 radical (unpaired) electrons. The zero-order chi connectivity index (χ0) is 20.1. The van der Waals surface area contributed by atoms with Crippen molar-refractivity contribution in [2.24, 2.45) is 5.84 Å². The zero-order valence-corrected chi connectivity index (χ0v) is 15.5. The van der Waals surface area contributed by atoms with Gasteiger partial charge in [0, 0.05) is 13.2 Å². The summed E-state index contributed by atoms with van der Waals surface area (Å²) in [6, 6.07) is 8.12. The maximum Gasteiger partial charge on any atom is 0.273 e. The van der Waals surface area contributed by atoms with Gasteiger partial charge in [0.15, 0.2) is 5.82 Å². The van der Waals surface area contributed by atoms with Gasteiger partial charge in [-0.05, 0) is 36.8 Å². The van der Waals surface area contributed by atoms with Crippen LogP contribution in [0.15, 0.2) is 42.7 Å². The van der Waals surface area contributed by atoms with E-state index in [1.54, 1.807) is 25.1 Å². The molecule has 2 aromatic rings. The van der Waals surface area contributed by atoms with E-state index in [0.29, 0.717) is 11.1 Å². The standard InChI is InChI=1S/C18H17ClN6O2/c1-10-7-12(9-20)8-13(18(27)22-3)15(10)24-17(26)11(2)25(21)16-14(19)5-4-6-23-16/h4-8H,2,21H2,1,3H3,(H,22,27)(H,24,26). The molecule has 0 aliphatic heterocycles. The number of carbonyl (C=O) groups is 2. The Morgan fingerprint density at radius 1 is 1.41 bits per heavy atom. The van der Waals surface area contributed by atoms with Crippen LogP contribution >= 0.6 is 11.6 Å². The first-order chi connectivity index (χ1) is 12.8. The average molecular weight is 385 g/mol. The molecular weight excluding hydrogens is 368 g/mol. The lowest BCUT2D eigenvalue weighted by Crippen LogP contribution is -2.37. The van der Waals surface area contributed by atoms with Crippen molar-refractivity contribution in [2.75, 3.05) is 17.4 Å². The van der Waals surface area contributed by atoms with Gasteiger partial charge in [0.05, 0.1) is 27.9 Å². The van der Waals surface area contributed by atoms with Crippen LogP contribution in [0.3, 0.4) is 0 Å². The first kappa shape index (κ1) is 19.9. The Kier molecular flexibility index (Phi) is 6.13. The molecule has 0 spiro atoms. The number of anilines is 2. The van der Waals surface area contributed by atoms with Crippen LogP contribution in [0, 0.1) is 18.3 Å². The highest BCUT2D eigenvalue weighted by molar-refractivity contribution is 6.33. The quantitative estimate of drug-likeness (QED) is 0.412. The predicted molar refractivity (Wildman–Crippen MR) is 103 cm³/mol. The molecule has 2 rings (SSSR count). The molecule has 0 aliphatic rings. The highest BCUT2D eigenvalue weighted by atomic mass is 35.5. The molecule has 2 amide bonds. The van der Waals surface area contributed by atoms with Crippen LogP contribution in [0.25, 0.3) is 0 Å². The fourth-order valence-electron chi connectivity index (χ4n) is 2.31. The lowest BCUT2D eigenvalue weighted by Gasteiger charge is -2.21. The van der Waals surface area contributed by atoms with Gasteiger partial charge < -0.3 is 10.6 Å². The first-order valence-electron chi connectivity index (χ1n) is 7.72. The number of rotatable bonds is 5. The number of aromatic nitrogens is 1. The molecule has 0 aliphatic carbocycles. The Labute approximate surface area is 161 Å². The van der Waals surface area contributed by atoms with Crippen molar-refractivity contribution >= 4 is 34.9 Å². The summed E-state index contributed by atoms with van der Waals surface area (Å²) in [5.41, 5.74) is 1.09. The minimum atomic E-state index is -0.655. The van der Waals surface area contributed by atoms with Gasteiger partial charge in [-0.25, -0.2) is 10.8 Å². The van der Waals surface area contributed by atoms with Crippen molar-refractivity contribution in [1.82, 2.24) is 10.3 Å². The second-order valence-electron chi connectivity index (χ2n) is 5.49. The van der Waals surface area contributed by atoms with E-state index in [1.165, 1.54) is 19.3 Å². The summed E-state index contributed by atoms with van der Waals surface area (Å²) in [6.45, 7) is 5.33. The maximum absolute atomic E-state index is 12.6. The van der Waals surface area contributed by atoms with E-state index in [1.807, 2.05) is 6.07 Å². The number of nitrogens with two attached hydrogens (primary N) is 1. The zero-order valence-electron chi connectivity index (χ0n) is 14.7. The second kappa shape index (κ2) is 8.31. The SMILES string of the molecule is C=C(C(=O)Nc1c(C)cc(C#N)cc1C(=O)NC)N(N)c1ncccc1Cl. The Bertz CT molecular complexity index is 967. The van der Waals surface area contributed by atoms with Crippen LogP contribution < -0.4 is 21.5 Å². The van der Waals surface area contributed by atoms with E-state index in [2.05, 4.69) is 22.2 Å². The van der Waals surface area contributed by atoms with Crippen molar-refractivity contribution in [3.63, 3.8) is 0 Å². The number of hydrogen-bond acceptors (Lipinski definition) is 6. The van der Waals surface area contributed by atoms with Crippen molar-refractivity contribution < 1.29 is 9.59 Å². The number of hydrazine groups is 1. The first-order valence-corrected chi connectivity index (χ1v) is 8.10. The molecule has 0 atom stereocenters. The molecule has 1 heterocycles. The van der Waals surface area contributed by atoms with Gasteiger partial charge in [-0.15, -0.1) is 0 Å². The number of carbonyl (C=O) groups excluding carboxylic acids is 2. The Morgan fingerprint density at radius 2 is 2.11 bits per heavy atom. The van der Waals surface area contributed by atoms with Crippen molar-refractivity contribution in [3.8, 4) is 6.07 Å². The summed E-state index contributed by atoms with van der Waals surface area (Å²) in [6.07, 6.45) is 1.47. The molecule has 8 nitrogen and oxygen atoms in total. The summed E-state index contributed by atoms with van der Waals surface area (Å²) in [5.74, 6) is 4.95. The van der Waals surface area contributed by atoms with Gasteiger partial charge in [0.1, 0.15) is 5.70 Å². The van der Waals surface area contributed by atoms with Crippen LogP contribution in [0.1, 0.15) is 21.5 Å². The third-order valence-corrected chi connectivity index (χ3v) is 3.99. The fourth-order valence-corrected chi connectivity index (χ4v) is 2.52. The van der Waals surface area contributed by atoms with Crippen LogP contribution in [0.5, 0.6) is 0 Å². The number of nitrogens with one attached hydrogen (secondary N) is 2. The fraction of sp³-hybridized carbons (Fsp3) is 0.111. The van der Waals surface area contributed by atoms with E-state index >= 15 is 0 Å². The number of pyridine rings is 1. The summed E-state index contributed by atoms with van der Waals surface area (Å²) in [5, 5.41) is 15.4. The largest absolute Gasteiger partial charge is 0.355 e. The Morgan fingerprint density at radius 3 is 2.70 bits per heavy atom. The number of hydrogen-bond donors (Lipinski definition) is 3. The summed E-state index contributed by atoms with van der Waals surface area (Å²) in [7, 11) is 1.45. The van der Waals surface area contributed by atoms with E-state index < -0.39 is 11.8 Å². The third-order valence-electron chi connectivity index (χ3n) is 3.69. The highest BCUT2D eigenvalue weighted by Gasteiger charge is 2.21. The van der Waals surface area contributed by atoms with E-state index in [9.17, 15) is 9.59 Å². The molecule has 138 valence electrons. The van der Waals surface area contributed by atoms with Gasteiger partial charge >= 0.3 is 0 Å². The predicted octanol–water partition coefficient (Wildman–Crippen LogP) is 2.11. The second-order valence-corrected chi connectivity index (χ2v) is 5.89. The highest BCUT2D eigenvalue weighted by Crippen LogP contribution is 2.26. The van der Waals surface area contributed by atoms with Crippen LogP contribution in [0.2, 0.25) is 5.02 Å². The smallest absolute Gasteiger partial charge is 0.273 e. The number of amides is 2. The molecule has 0 bridgehead atoms. The molecule has 0 fully saturated rings. The van der Waals surface area contributed by atoms with Crippen molar-refractivity contribution in [3.05, 3.63) is 64.5 Å². The maximum atomic E-state index is 12.6. The van der Waals surface area contributed by atoms with Gasteiger partial charge in [-0.2, -0.15) is 5.26 Å². The lowest BCUT2D eigenvalue weighted by atomic mass is 10.0. The molecule has 0 saturated heterocycles. The van der Waals surface area contributed by atoms with Gasteiger partial charge in [0.2, 0.25) is 0 Å². The third kappa shape index (κ3) is 4.23. The molecule has 27 heavy (non-hydrogen) atoms. The van der Waals surface area contributed by atoms with Gasteiger partial charge in [0.25, 0.3) is 11.8 Å². The van der Waals surface area contributed by atoms with Gasteiger partial charge in [-0.3, -0.25) is 14.6 Å². The summed E-state index contributed by atoms with van der Waals surface area (Å²) >= 11 is 6.03. The van der Waals surface area contributed by atoms with Crippen LogP contribution in [-0.2, 0) is 4.79 Å². The summed E-state index contributed by atoms with van der Waals surface area (Å²) in [4.78, 5) is 28.8. The minimum Gasteiger partial charge on any atom is -0.355 e. The topological polar surface area (TPSA) is 124 Å². The van der Waals surface area contributed by atoms with E-state index in [0.717, 1.165) is 5.01 Å². The van der Waals surface area contributed by atoms with Crippen LogP contribution in [-0.4, -0.2) is 23.8 Å². The monoisotopic (exact) mass is 384 g/mol. The normalized spacial score (nSPS) is 9.89. The molecule has 0 saturated carbocycles. The number of nitriles is 1. The Balaban J connectivity index is 2.35. The number of halogens is 1. The van der Waals surface area contributed by atoms with Crippen LogP contribution in [0.4, 0.5) is 11.5 Å². The molecule has 1 aromatic carbocycles. The molecule has 4 N–H and O–H groups in total. The molecular formula is C18H17ClN6O2. The van der Waals surface area contributed by atoms with E-state index in [-0.39, 0.29) is 27.8 Å². The van der Waals surface area contributed by atoms with Gasteiger partial charge in [-0.1, -0.05) is 18.2 Å². The van der Waals surface area contributed by atoms with E-state index in [4.69, 9.17) is 22.7 Å². The minimum absolute atomic E-state index is 0.137. The van der Waals surface area contributed by atoms with Crippen molar-refractivity contribution in [2.45, 2.75) is 6.92 Å².